The Morgan fingerprint density at radius 1 is 1.12 bits per heavy atom. The molecule has 1 aliphatic carbocycles. The number of nitrogens with one attached hydrogen (secondary N) is 1. The molecule has 32 heavy (non-hydrogen) atoms. The summed E-state index contributed by atoms with van der Waals surface area (Å²) >= 11 is 1.38. The van der Waals surface area contributed by atoms with Gasteiger partial charge in [-0.05, 0) is 49.9 Å². The number of methoxy groups -OCH3 is 2. The highest BCUT2D eigenvalue weighted by atomic mass is 32.2. The summed E-state index contributed by atoms with van der Waals surface area (Å²) in [7, 11) is 3.10. The minimum atomic E-state index is -0.487. The van der Waals surface area contributed by atoms with Crippen molar-refractivity contribution in [2.45, 2.75) is 44.4 Å². The maximum atomic E-state index is 13.1. The number of aryl methyl sites for hydroxylation is 2. The Kier molecular flexibility index (Phi) is 6.41. The van der Waals surface area contributed by atoms with Gasteiger partial charge in [0.15, 0.2) is 16.7 Å². The molecule has 2 aliphatic rings. The molecule has 1 heterocycles. The van der Waals surface area contributed by atoms with E-state index >= 15 is 0 Å². The van der Waals surface area contributed by atoms with Gasteiger partial charge in [-0.25, -0.2) is 4.99 Å². The predicted molar refractivity (Wildman–Crippen MR) is 127 cm³/mol. The second-order valence-electron chi connectivity index (χ2n) is 8.00. The van der Waals surface area contributed by atoms with Gasteiger partial charge in [-0.3, -0.25) is 14.5 Å². The Labute approximate surface area is 192 Å². The molecule has 0 radical (unpaired) electrons. The van der Waals surface area contributed by atoms with Crippen molar-refractivity contribution in [2.75, 3.05) is 19.5 Å². The van der Waals surface area contributed by atoms with Crippen molar-refractivity contribution in [3.8, 4) is 11.5 Å². The molecule has 1 saturated heterocycles. The lowest BCUT2D eigenvalue weighted by atomic mass is 10.1. The molecule has 2 aromatic rings. The quantitative estimate of drug-likeness (QED) is 0.670. The number of para-hydroxylation sites is 1. The van der Waals surface area contributed by atoms with E-state index in [1.807, 2.05) is 32.0 Å². The molecule has 8 heteroatoms. The average molecular weight is 454 g/mol. The lowest BCUT2D eigenvalue weighted by Crippen LogP contribution is -2.35. The summed E-state index contributed by atoms with van der Waals surface area (Å²) in [5.74, 6) is 0.844. The van der Waals surface area contributed by atoms with Crippen LogP contribution < -0.4 is 14.8 Å². The van der Waals surface area contributed by atoms with E-state index in [1.165, 1.54) is 11.8 Å². The Morgan fingerprint density at radius 3 is 2.44 bits per heavy atom. The number of thioether (sulfide) groups is 1. The molecule has 2 amide bonds. The number of anilines is 1. The highest BCUT2D eigenvalue weighted by Gasteiger charge is 2.46. The number of hydrogen-bond donors (Lipinski definition) is 1. The van der Waals surface area contributed by atoms with Crippen LogP contribution in [0.4, 0.5) is 11.4 Å². The van der Waals surface area contributed by atoms with Crippen LogP contribution in [0.5, 0.6) is 11.5 Å². The first-order chi connectivity index (χ1) is 15.4. The third kappa shape index (κ3) is 4.60. The third-order valence-corrected chi connectivity index (χ3v) is 6.72. The number of amidine groups is 1. The molecule has 4 rings (SSSR count). The lowest BCUT2D eigenvalue weighted by molar-refractivity contribution is -0.128. The monoisotopic (exact) mass is 453 g/mol. The van der Waals surface area contributed by atoms with Crippen LogP contribution in [0.15, 0.2) is 41.4 Å². The van der Waals surface area contributed by atoms with E-state index in [9.17, 15) is 9.59 Å². The molecule has 0 aromatic heterocycles. The standard InChI is InChI=1S/C24H27N3O4S/c1-14-6-5-7-15(2)22(14)26-24-27(17-9-10-17)23(29)20(32-24)13-21(28)25-16-8-11-18(30-3)19(12-16)31-4/h5-8,11-12,17,20H,9-10,13H2,1-4H3,(H,25,28)/t20-/m0/s1. The second-order valence-corrected chi connectivity index (χ2v) is 9.17. The number of amides is 2. The molecule has 7 nitrogen and oxygen atoms in total. The smallest absolute Gasteiger partial charge is 0.242 e. The average Bonchev–Trinajstić information content (AvgIpc) is 3.56. The molecule has 1 saturated carbocycles. The van der Waals surface area contributed by atoms with Crippen molar-refractivity contribution in [3.05, 3.63) is 47.5 Å². The predicted octanol–water partition coefficient (Wildman–Crippen LogP) is 4.44. The van der Waals surface area contributed by atoms with Gasteiger partial charge in [0.2, 0.25) is 11.8 Å². The lowest BCUT2D eigenvalue weighted by Gasteiger charge is -2.16. The van der Waals surface area contributed by atoms with Crippen LogP contribution in [0.1, 0.15) is 30.4 Å². The molecule has 168 valence electrons. The number of hydrogen-bond acceptors (Lipinski definition) is 6. The Morgan fingerprint density at radius 2 is 1.81 bits per heavy atom. The summed E-state index contributed by atoms with van der Waals surface area (Å²) < 4.78 is 10.5. The minimum absolute atomic E-state index is 0.0371. The van der Waals surface area contributed by atoms with E-state index in [1.54, 1.807) is 37.3 Å². The fraction of sp³-hybridized carbons (Fsp3) is 0.375. The fourth-order valence-corrected chi connectivity index (χ4v) is 4.93. The maximum Gasteiger partial charge on any atom is 0.242 e. The van der Waals surface area contributed by atoms with Crippen LogP contribution in [0, 0.1) is 13.8 Å². The number of benzene rings is 2. The minimum Gasteiger partial charge on any atom is -0.493 e. The van der Waals surface area contributed by atoms with E-state index in [0.717, 1.165) is 29.7 Å². The van der Waals surface area contributed by atoms with Gasteiger partial charge >= 0.3 is 0 Å². The number of nitrogens with zero attached hydrogens (tertiary/aromatic N) is 2. The topological polar surface area (TPSA) is 80.2 Å². The number of rotatable bonds is 7. The van der Waals surface area contributed by atoms with Gasteiger partial charge in [0, 0.05) is 24.2 Å². The van der Waals surface area contributed by atoms with Crippen LogP contribution in [0.2, 0.25) is 0 Å². The van der Waals surface area contributed by atoms with Crippen molar-refractivity contribution in [2.24, 2.45) is 4.99 Å². The molecule has 0 unspecified atom stereocenters. The van der Waals surface area contributed by atoms with Crippen molar-refractivity contribution in [1.29, 1.82) is 0 Å². The number of carbonyl (C=O) groups is 2. The largest absolute Gasteiger partial charge is 0.493 e. The first-order valence-electron chi connectivity index (χ1n) is 10.6. The number of ether oxygens (including phenoxy) is 2. The second kappa shape index (κ2) is 9.24. The summed E-state index contributed by atoms with van der Waals surface area (Å²) in [6.07, 6.45) is 2.03. The van der Waals surface area contributed by atoms with Crippen molar-refractivity contribution in [1.82, 2.24) is 4.90 Å². The van der Waals surface area contributed by atoms with E-state index in [0.29, 0.717) is 22.4 Å². The molecule has 1 atom stereocenters. The molecule has 1 N–H and O–H groups in total. The summed E-state index contributed by atoms with van der Waals surface area (Å²) in [6, 6.07) is 11.4. The third-order valence-electron chi connectivity index (χ3n) is 5.56. The van der Waals surface area contributed by atoms with E-state index < -0.39 is 5.25 Å². The zero-order valence-electron chi connectivity index (χ0n) is 18.7. The van der Waals surface area contributed by atoms with Gasteiger partial charge in [0.05, 0.1) is 19.9 Å². The number of carbonyl (C=O) groups excluding carboxylic acids is 2. The number of aliphatic imine (C=N–C) groups is 1. The summed E-state index contributed by atoms with van der Waals surface area (Å²) in [6.45, 7) is 4.03. The first kappa shape index (κ1) is 22.2. The zero-order chi connectivity index (χ0) is 22.8. The van der Waals surface area contributed by atoms with Gasteiger partial charge in [0.1, 0.15) is 5.25 Å². The Bertz CT molecular complexity index is 1060. The highest BCUT2D eigenvalue weighted by molar-refractivity contribution is 8.15. The first-order valence-corrected chi connectivity index (χ1v) is 11.5. The van der Waals surface area contributed by atoms with Gasteiger partial charge in [-0.1, -0.05) is 30.0 Å². The van der Waals surface area contributed by atoms with E-state index in [4.69, 9.17) is 14.5 Å². The molecule has 0 spiro atoms. The van der Waals surface area contributed by atoms with Crippen molar-refractivity contribution < 1.29 is 19.1 Å². The Balaban J connectivity index is 1.50. The normalized spacial score (nSPS) is 19.4. The van der Waals surface area contributed by atoms with Gasteiger partial charge in [-0.15, -0.1) is 0 Å². The van der Waals surface area contributed by atoms with Crippen LogP contribution in [-0.2, 0) is 9.59 Å². The molecule has 2 fully saturated rings. The van der Waals surface area contributed by atoms with Gasteiger partial charge < -0.3 is 14.8 Å². The van der Waals surface area contributed by atoms with Crippen molar-refractivity contribution in [3.63, 3.8) is 0 Å². The summed E-state index contributed by atoms with van der Waals surface area (Å²) in [5, 5.41) is 3.07. The molecular weight excluding hydrogens is 426 g/mol. The van der Waals surface area contributed by atoms with Crippen LogP contribution >= 0.6 is 11.8 Å². The maximum absolute atomic E-state index is 13.1. The van der Waals surface area contributed by atoms with Crippen LogP contribution in [-0.4, -0.2) is 47.4 Å². The van der Waals surface area contributed by atoms with Gasteiger partial charge in [-0.2, -0.15) is 0 Å². The van der Waals surface area contributed by atoms with Crippen molar-refractivity contribution >= 4 is 40.1 Å². The van der Waals surface area contributed by atoms with Crippen LogP contribution in [0.25, 0.3) is 0 Å². The molecular formula is C24H27N3O4S. The highest BCUT2D eigenvalue weighted by Crippen LogP contribution is 2.40. The molecule has 1 aliphatic heterocycles. The van der Waals surface area contributed by atoms with Crippen LogP contribution in [0.3, 0.4) is 0 Å². The summed E-state index contributed by atoms with van der Waals surface area (Å²) in [4.78, 5) is 32.5. The van der Waals surface area contributed by atoms with E-state index in [2.05, 4.69) is 5.32 Å². The van der Waals surface area contributed by atoms with E-state index in [-0.39, 0.29) is 24.3 Å². The molecule has 0 bridgehead atoms. The fourth-order valence-electron chi connectivity index (χ4n) is 3.73. The Hall–Kier alpha value is -3.00. The SMILES string of the molecule is COc1ccc(NC(=O)C[C@@H]2SC(=Nc3c(C)cccc3C)N(C3CC3)C2=O)cc1OC. The zero-order valence-corrected chi connectivity index (χ0v) is 19.5. The summed E-state index contributed by atoms with van der Waals surface area (Å²) in [5.41, 5.74) is 3.61. The molecule has 2 aromatic carbocycles. The van der Waals surface area contributed by atoms with Gasteiger partial charge in [0.25, 0.3) is 0 Å².